The molecule has 4 N–H and O–H groups in total. The van der Waals surface area contributed by atoms with E-state index in [1.807, 2.05) is 0 Å². The lowest BCUT2D eigenvalue weighted by Gasteiger charge is -2.19. The summed E-state index contributed by atoms with van der Waals surface area (Å²) in [6.07, 6.45) is 0.896. The summed E-state index contributed by atoms with van der Waals surface area (Å²) in [6, 6.07) is 4.68. The molecule has 0 aliphatic rings. The largest absolute Gasteiger partial charge is 0.493 e. The highest BCUT2D eigenvalue weighted by atomic mass is 16.5. The van der Waals surface area contributed by atoms with Crippen LogP contribution in [0.4, 0.5) is 0 Å². The minimum Gasteiger partial charge on any atom is -0.493 e. The normalized spacial score (nSPS) is 11.0. The van der Waals surface area contributed by atoms with Crippen molar-refractivity contribution in [2.24, 2.45) is 17.1 Å². The maximum absolute atomic E-state index is 12.2. The Hall–Kier alpha value is -2.77. The number of hydrogen-bond acceptors (Lipinski definition) is 5. The van der Waals surface area contributed by atoms with Gasteiger partial charge in [-0.05, 0) is 44.4 Å². The molecule has 0 atom stereocenters. The average molecular weight is 365 g/mol. The smallest absolute Gasteiger partial charge is 0.269 e. The van der Waals surface area contributed by atoms with E-state index in [1.165, 1.54) is 27.0 Å². The predicted molar refractivity (Wildman–Crippen MR) is 96.5 cm³/mol. The number of primary amides is 1. The second kappa shape index (κ2) is 9.07. The van der Waals surface area contributed by atoms with Gasteiger partial charge in [-0.15, -0.1) is 0 Å². The first-order chi connectivity index (χ1) is 12.1. The maximum Gasteiger partial charge on any atom is 0.269 e. The van der Waals surface area contributed by atoms with Crippen molar-refractivity contribution in [2.75, 3.05) is 13.7 Å². The molecule has 0 aliphatic carbocycles. The molecule has 144 valence electrons. The Morgan fingerprint density at radius 2 is 1.81 bits per heavy atom. The summed E-state index contributed by atoms with van der Waals surface area (Å²) < 4.78 is 10.9. The molecule has 0 saturated carbocycles. The average Bonchev–Trinajstić information content (AvgIpc) is 2.58. The van der Waals surface area contributed by atoms with Crippen LogP contribution in [0.5, 0.6) is 11.5 Å². The van der Waals surface area contributed by atoms with E-state index in [0.717, 1.165) is 6.42 Å². The third-order valence-electron chi connectivity index (χ3n) is 3.85. The van der Waals surface area contributed by atoms with Gasteiger partial charge in [-0.3, -0.25) is 25.2 Å². The summed E-state index contributed by atoms with van der Waals surface area (Å²) in [5, 5.41) is 0. The van der Waals surface area contributed by atoms with E-state index in [4.69, 9.17) is 15.2 Å². The van der Waals surface area contributed by atoms with Crippen molar-refractivity contribution in [1.82, 2.24) is 10.9 Å². The Bertz CT molecular complexity index is 671. The van der Waals surface area contributed by atoms with Crippen molar-refractivity contribution in [3.63, 3.8) is 0 Å². The number of carbonyl (C=O) groups is 3. The van der Waals surface area contributed by atoms with Gasteiger partial charge in [0.2, 0.25) is 5.91 Å². The number of methoxy groups -OCH3 is 1. The zero-order chi connectivity index (χ0) is 19.9. The highest BCUT2D eigenvalue weighted by Gasteiger charge is 2.34. The van der Waals surface area contributed by atoms with Gasteiger partial charge in [0.15, 0.2) is 11.5 Å². The molecule has 0 saturated heterocycles. The van der Waals surface area contributed by atoms with Gasteiger partial charge in [0, 0.05) is 5.56 Å². The lowest BCUT2D eigenvalue weighted by atomic mass is 9.92. The van der Waals surface area contributed by atoms with Crippen LogP contribution < -0.4 is 26.1 Å². The summed E-state index contributed by atoms with van der Waals surface area (Å²) >= 11 is 0. The van der Waals surface area contributed by atoms with Crippen LogP contribution in [-0.2, 0) is 9.59 Å². The first kappa shape index (κ1) is 21.3. The van der Waals surface area contributed by atoms with E-state index in [9.17, 15) is 14.4 Å². The van der Waals surface area contributed by atoms with Crippen molar-refractivity contribution in [3.05, 3.63) is 23.8 Å². The summed E-state index contributed by atoms with van der Waals surface area (Å²) in [5.74, 6) is -0.619. The van der Waals surface area contributed by atoms with Gasteiger partial charge in [0.25, 0.3) is 11.8 Å². The fraction of sp³-hybridized carbons (Fsp3) is 0.500. The Kier molecular flexibility index (Phi) is 7.42. The van der Waals surface area contributed by atoms with E-state index in [-0.39, 0.29) is 5.56 Å². The van der Waals surface area contributed by atoms with Gasteiger partial charge in [-0.1, -0.05) is 13.8 Å². The molecule has 26 heavy (non-hydrogen) atoms. The van der Waals surface area contributed by atoms with E-state index in [2.05, 4.69) is 24.7 Å². The highest BCUT2D eigenvalue weighted by molar-refractivity contribution is 6.04. The topological polar surface area (TPSA) is 120 Å². The van der Waals surface area contributed by atoms with Gasteiger partial charge < -0.3 is 15.2 Å². The van der Waals surface area contributed by atoms with Crippen molar-refractivity contribution >= 4 is 17.7 Å². The highest BCUT2D eigenvalue weighted by Crippen LogP contribution is 2.28. The first-order valence-corrected chi connectivity index (χ1v) is 8.31. The summed E-state index contributed by atoms with van der Waals surface area (Å²) in [4.78, 5) is 35.4. The number of ether oxygens (including phenoxy) is 2. The SMILES string of the molecule is COc1cc(C(=O)NNC(=O)C(C)(C)C(N)=O)ccc1OCCC(C)C. The molecule has 8 nitrogen and oxygen atoms in total. The second-order valence-electron chi connectivity index (χ2n) is 6.79. The number of hydrogen-bond donors (Lipinski definition) is 3. The van der Waals surface area contributed by atoms with E-state index < -0.39 is 23.1 Å². The van der Waals surface area contributed by atoms with Crippen LogP contribution in [0.1, 0.15) is 44.5 Å². The summed E-state index contributed by atoms with van der Waals surface area (Å²) in [5.41, 5.74) is 8.41. The van der Waals surface area contributed by atoms with Gasteiger partial charge in [-0.25, -0.2) is 0 Å². The molecule has 0 unspecified atom stereocenters. The first-order valence-electron chi connectivity index (χ1n) is 8.31. The van der Waals surface area contributed by atoms with Crippen LogP contribution in [-0.4, -0.2) is 31.4 Å². The zero-order valence-electron chi connectivity index (χ0n) is 15.8. The number of benzene rings is 1. The Labute approximate surface area is 153 Å². The molecule has 8 heteroatoms. The van der Waals surface area contributed by atoms with Gasteiger partial charge in [0.05, 0.1) is 13.7 Å². The van der Waals surface area contributed by atoms with Crippen molar-refractivity contribution in [1.29, 1.82) is 0 Å². The molecule has 0 aromatic heterocycles. The molecule has 1 rings (SSSR count). The molecule has 1 aromatic carbocycles. The molecule has 0 spiro atoms. The molecule has 1 aromatic rings. The quantitative estimate of drug-likeness (QED) is 0.475. The maximum atomic E-state index is 12.2. The zero-order valence-corrected chi connectivity index (χ0v) is 15.8. The fourth-order valence-electron chi connectivity index (χ4n) is 1.79. The fourth-order valence-corrected chi connectivity index (χ4v) is 1.79. The third-order valence-corrected chi connectivity index (χ3v) is 3.85. The van der Waals surface area contributed by atoms with Crippen LogP contribution in [0.25, 0.3) is 0 Å². The van der Waals surface area contributed by atoms with Gasteiger partial charge >= 0.3 is 0 Å². The van der Waals surface area contributed by atoms with Gasteiger partial charge in [0.1, 0.15) is 5.41 Å². The van der Waals surface area contributed by atoms with Crippen molar-refractivity contribution in [2.45, 2.75) is 34.1 Å². The lowest BCUT2D eigenvalue weighted by Crippen LogP contribution is -2.51. The minimum atomic E-state index is -1.45. The molecule has 0 fully saturated rings. The number of hydrazine groups is 1. The number of rotatable bonds is 8. The minimum absolute atomic E-state index is 0.259. The third kappa shape index (κ3) is 5.65. The lowest BCUT2D eigenvalue weighted by molar-refractivity contribution is -0.140. The monoisotopic (exact) mass is 365 g/mol. The molecule has 0 aliphatic heterocycles. The molecular weight excluding hydrogens is 338 g/mol. The Morgan fingerprint density at radius 1 is 1.15 bits per heavy atom. The van der Waals surface area contributed by atoms with Crippen molar-refractivity contribution in [3.8, 4) is 11.5 Å². The van der Waals surface area contributed by atoms with E-state index >= 15 is 0 Å². The number of nitrogens with one attached hydrogen (secondary N) is 2. The number of carbonyl (C=O) groups excluding carboxylic acids is 3. The van der Waals surface area contributed by atoms with Crippen LogP contribution in [0.15, 0.2) is 18.2 Å². The molecule has 0 radical (unpaired) electrons. The van der Waals surface area contributed by atoms with Gasteiger partial charge in [-0.2, -0.15) is 0 Å². The van der Waals surface area contributed by atoms with E-state index in [0.29, 0.717) is 24.0 Å². The van der Waals surface area contributed by atoms with E-state index in [1.54, 1.807) is 12.1 Å². The second-order valence-corrected chi connectivity index (χ2v) is 6.79. The number of nitrogens with two attached hydrogens (primary N) is 1. The van der Waals surface area contributed by atoms with Crippen LogP contribution >= 0.6 is 0 Å². The van der Waals surface area contributed by atoms with Crippen LogP contribution in [0.2, 0.25) is 0 Å². The molecular formula is C18H27N3O5. The van der Waals surface area contributed by atoms with Crippen LogP contribution in [0.3, 0.4) is 0 Å². The standard InChI is InChI=1S/C18H27N3O5/c1-11(2)8-9-26-13-7-6-12(10-14(13)25-5)15(22)20-21-17(24)18(3,4)16(19)23/h6-7,10-11H,8-9H2,1-5H3,(H2,19,23)(H,20,22)(H,21,24). The summed E-state index contributed by atoms with van der Waals surface area (Å²) in [7, 11) is 1.48. The van der Waals surface area contributed by atoms with Crippen LogP contribution in [0, 0.1) is 11.3 Å². The van der Waals surface area contributed by atoms with Crippen molar-refractivity contribution < 1.29 is 23.9 Å². The number of amides is 3. The summed E-state index contributed by atoms with van der Waals surface area (Å²) in [6.45, 7) is 7.47. The Balaban J connectivity index is 2.75. The Morgan fingerprint density at radius 3 is 2.35 bits per heavy atom. The molecule has 0 heterocycles. The molecule has 0 bridgehead atoms. The predicted octanol–water partition coefficient (Wildman–Crippen LogP) is 1.39. The molecule has 3 amide bonds.